The summed E-state index contributed by atoms with van der Waals surface area (Å²) in [4.78, 5) is 6.67. The van der Waals surface area contributed by atoms with Gasteiger partial charge in [-0.2, -0.15) is 16.7 Å². The van der Waals surface area contributed by atoms with Crippen molar-refractivity contribution in [1.29, 1.82) is 0 Å². The molecule has 1 aromatic rings. The molecule has 0 bridgehead atoms. The van der Waals surface area contributed by atoms with Gasteiger partial charge in [-0.3, -0.25) is 4.90 Å². The minimum atomic E-state index is 0.729. The molecule has 0 aromatic carbocycles. The van der Waals surface area contributed by atoms with Crippen molar-refractivity contribution < 1.29 is 4.52 Å². The van der Waals surface area contributed by atoms with Crippen LogP contribution in [-0.2, 0) is 12.3 Å². The Labute approximate surface area is 93.6 Å². The molecule has 1 aliphatic rings. The first-order valence-corrected chi connectivity index (χ1v) is 6.51. The van der Waals surface area contributed by atoms with Crippen LogP contribution in [0.3, 0.4) is 0 Å². The van der Waals surface area contributed by atoms with E-state index in [1.165, 1.54) is 0 Å². The first-order valence-electron chi connectivity index (χ1n) is 5.12. The molecule has 15 heavy (non-hydrogen) atoms. The van der Waals surface area contributed by atoms with Gasteiger partial charge >= 0.3 is 0 Å². The molecule has 0 radical (unpaired) electrons. The minimum absolute atomic E-state index is 0.729. The molecule has 0 spiro atoms. The summed E-state index contributed by atoms with van der Waals surface area (Å²) in [6, 6.07) is 0. The highest BCUT2D eigenvalue weighted by molar-refractivity contribution is 7.97. The van der Waals surface area contributed by atoms with Crippen LogP contribution in [0.15, 0.2) is 4.52 Å². The molecule has 1 aromatic heterocycles. The number of hydrogen-bond acceptors (Lipinski definition) is 6. The lowest BCUT2D eigenvalue weighted by Gasteiger charge is -2.25. The van der Waals surface area contributed by atoms with Gasteiger partial charge in [-0.05, 0) is 6.26 Å². The highest BCUT2D eigenvalue weighted by Gasteiger charge is 2.13. The van der Waals surface area contributed by atoms with Gasteiger partial charge in [0.1, 0.15) is 0 Å². The zero-order chi connectivity index (χ0) is 10.5. The van der Waals surface area contributed by atoms with Crippen molar-refractivity contribution in [1.82, 2.24) is 20.4 Å². The van der Waals surface area contributed by atoms with Crippen LogP contribution in [0.4, 0.5) is 0 Å². The van der Waals surface area contributed by atoms with E-state index in [1.54, 1.807) is 11.8 Å². The topological polar surface area (TPSA) is 54.2 Å². The number of hydrogen-bond donors (Lipinski definition) is 1. The average molecular weight is 228 g/mol. The second-order valence-electron chi connectivity index (χ2n) is 3.56. The molecule has 1 aliphatic heterocycles. The summed E-state index contributed by atoms with van der Waals surface area (Å²) in [5.41, 5.74) is 0. The van der Waals surface area contributed by atoms with Crippen LogP contribution in [0.1, 0.15) is 11.7 Å². The third-order valence-electron chi connectivity index (χ3n) is 2.35. The molecule has 0 aliphatic carbocycles. The van der Waals surface area contributed by atoms with Crippen LogP contribution in [-0.4, -0.2) is 47.5 Å². The molecule has 0 amide bonds. The standard InChI is InChI=1S/C9H16N4OS/c1-15-7-9-11-8(12-14-9)6-13-4-2-10-3-5-13/h10H,2-7H2,1H3. The summed E-state index contributed by atoms with van der Waals surface area (Å²) in [5, 5.41) is 7.28. The number of nitrogens with zero attached hydrogens (tertiary/aromatic N) is 3. The average Bonchev–Trinajstić information content (AvgIpc) is 2.68. The third-order valence-corrected chi connectivity index (χ3v) is 2.89. The Bertz CT molecular complexity index is 298. The van der Waals surface area contributed by atoms with Gasteiger partial charge in [0.15, 0.2) is 5.82 Å². The molecule has 1 fully saturated rings. The van der Waals surface area contributed by atoms with Gasteiger partial charge in [0.05, 0.1) is 12.3 Å². The first kappa shape index (κ1) is 10.9. The predicted octanol–water partition coefficient (Wildman–Crippen LogP) is 0.338. The largest absolute Gasteiger partial charge is 0.338 e. The van der Waals surface area contributed by atoms with E-state index in [1.807, 2.05) is 6.26 Å². The monoisotopic (exact) mass is 228 g/mol. The van der Waals surface area contributed by atoms with Gasteiger partial charge in [0.2, 0.25) is 5.89 Å². The van der Waals surface area contributed by atoms with Gasteiger partial charge in [-0.25, -0.2) is 0 Å². The maximum atomic E-state index is 5.12. The SMILES string of the molecule is CSCc1nc(CN2CCNCC2)no1. The summed E-state index contributed by atoms with van der Waals surface area (Å²) >= 11 is 1.69. The summed E-state index contributed by atoms with van der Waals surface area (Å²) in [6.07, 6.45) is 2.03. The third kappa shape index (κ3) is 3.19. The van der Waals surface area contributed by atoms with E-state index >= 15 is 0 Å². The molecule has 2 rings (SSSR count). The van der Waals surface area contributed by atoms with Crippen LogP contribution in [0.2, 0.25) is 0 Å². The molecule has 0 unspecified atom stereocenters. The maximum absolute atomic E-state index is 5.12. The molecule has 5 nitrogen and oxygen atoms in total. The van der Waals surface area contributed by atoms with Gasteiger partial charge < -0.3 is 9.84 Å². The van der Waals surface area contributed by atoms with Crippen molar-refractivity contribution in [2.45, 2.75) is 12.3 Å². The Morgan fingerprint density at radius 3 is 3.00 bits per heavy atom. The van der Waals surface area contributed by atoms with Crippen molar-refractivity contribution in [3.8, 4) is 0 Å². The van der Waals surface area contributed by atoms with Crippen molar-refractivity contribution in [2.75, 3.05) is 32.4 Å². The van der Waals surface area contributed by atoms with Gasteiger partial charge in [-0.15, -0.1) is 0 Å². The van der Waals surface area contributed by atoms with E-state index in [-0.39, 0.29) is 0 Å². The molecule has 0 saturated carbocycles. The van der Waals surface area contributed by atoms with E-state index in [4.69, 9.17) is 4.52 Å². The Balaban J connectivity index is 1.86. The Kier molecular flexibility index (Phi) is 3.99. The van der Waals surface area contributed by atoms with Gasteiger partial charge in [0, 0.05) is 26.2 Å². The lowest BCUT2D eigenvalue weighted by atomic mass is 10.3. The molecule has 1 N–H and O–H groups in total. The molecular weight excluding hydrogens is 212 g/mol. The fourth-order valence-electron chi connectivity index (χ4n) is 1.61. The van der Waals surface area contributed by atoms with Crippen molar-refractivity contribution in [3.63, 3.8) is 0 Å². The highest BCUT2D eigenvalue weighted by Crippen LogP contribution is 2.08. The number of piperazine rings is 1. The summed E-state index contributed by atoms with van der Waals surface area (Å²) in [7, 11) is 0. The molecule has 2 heterocycles. The Morgan fingerprint density at radius 1 is 1.47 bits per heavy atom. The number of aromatic nitrogens is 2. The lowest BCUT2D eigenvalue weighted by molar-refractivity contribution is 0.224. The van der Waals surface area contributed by atoms with Gasteiger partial charge in [0.25, 0.3) is 0 Å². The van der Waals surface area contributed by atoms with Crippen molar-refractivity contribution >= 4 is 11.8 Å². The van der Waals surface area contributed by atoms with Crippen LogP contribution < -0.4 is 5.32 Å². The van der Waals surface area contributed by atoms with Crippen LogP contribution in [0.25, 0.3) is 0 Å². The molecule has 6 heteroatoms. The van der Waals surface area contributed by atoms with Crippen molar-refractivity contribution in [3.05, 3.63) is 11.7 Å². The predicted molar refractivity (Wildman–Crippen MR) is 59.7 cm³/mol. The maximum Gasteiger partial charge on any atom is 0.236 e. The van der Waals surface area contributed by atoms with Crippen LogP contribution >= 0.6 is 11.8 Å². The number of rotatable bonds is 4. The quantitative estimate of drug-likeness (QED) is 0.802. The summed E-state index contributed by atoms with van der Waals surface area (Å²) in [6.45, 7) is 5.03. The molecular formula is C9H16N4OS. The first-order chi connectivity index (χ1) is 7.38. The van der Waals surface area contributed by atoms with Crippen molar-refractivity contribution in [2.24, 2.45) is 0 Å². The molecule has 0 atom stereocenters. The van der Waals surface area contributed by atoms with E-state index in [2.05, 4.69) is 20.4 Å². The summed E-state index contributed by atoms with van der Waals surface area (Å²) in [5.74, 6) is 2.34. The van der Waals surface area contributed by atoms with Gasteiger partial charge in [-0.1, -0.05) is 5.16 Å². The normalized spacial score (nSPS) is 18.2. The minimum Gasteiger partial charge on any atom is -0.338 e. The fraction of sp³-hybridized carbons (Fsp3) is 0.778. The Hall–Kier alpha value is -0.590. The zero-order valence-corrected chi connectivity index (χ0v) is 9.72. The second kappa shape index (κ2) is 5.48. The number of nitrogens with one attached hydrogen (secondary N) is 1. The van der Waals surface area contributed by atoms with E-state index in [0.29, 0.717) is 0 Å². The second-order valence-corrected chi connectivity index (χ2v) is 4.43. The lowest BCUT2D eigenvalue weighted by Crippen LogP contribution is -2.43. The van der Waals surface area contributed by atoms with E-state index in [0.717, 1.165) is 50.2 Å². The highest BCUT2D eigenvalue weighted by atomic mass is 32.2. The zero-order valence-electron chi connectivity index (χ0n) is 8.90. The summed E-state index contributed by atoms with van der Waals surface area (Å²) < 4.78 is 5.12. The van der Waals surface area contributed by atoms with E-state index in [9.17, 15) is 0 Å². The number of thioether (sulfide) groups is 1. The van der Waals surface area contributed by atoms with Crippen LogP contribution in [0.5, 0.6) is 0 Å². The molecule has 84 valence electrons. The fourth-order valence-corrected chi connectivity index (χ4v) is 1.97. The van der Waals surface area contributed by atoms with Crippen LogP contribution in [0, 0.1) is 0 Å². The molecule has 1 saturated heterocycles. The van der Waals surface area contributed by atoms with E-state index < -0.39 is 0 Å². The Morgan fingerprint density at radius 2 is 2.27 bits per heavy atom. The smallest absolute Gasteiger partial charge is 0.236 e.